The molecule has 2 bridgehead atoms. The largest absolute Gasteiger partial charge is 0.489 e. The van der Waals surface area contributed by atoms with Crippen LogP contribution in [-0.2, 0) is 35.7 Å². The number of hydrogen-bond acceptors (Lipinski definition) is 10. The van der Waals surface area contributed by atoms with Gasteiger partial charge in [0.1, 0.15) is 31.4 Å². The van der Waals surface area contributed by atoms with Crippen LogP contribution in [0.15, 0.2) is 97.1 Å². The number of anilines is 2. The number of rotatable bonds is 15. The second-order valence-electron chi connectivity index (χ2n) is 16.6. The van der Waals surface area contributed by atoms with Gasteiger partial charge in [0.2, 0.25) is 0 Å². The number of benzene rings is 4. The van der Waals surface area contributed by atoms with E-state index in [1.807, 2.05) is 53.4 Å². The Balaban J connectivity index is 0.969. The van der Waals surface area contributed by atoms with Gasteiger partial charge in [-0.2, -0.15) is 9.97 Å². The highest BCUT2D eigenvalue weighted by atomic mass is 16.6. The maximum Gasteiger partial charge on any atom is 0.410 e. The van der Waals surface area contributed by atoms with E-state index in [1.165, 1.54) is 0 Å². The van der Waals surface area contributed by atoms with Crippen LogP contribution in [0.3, 0.4) is 0 Å². The van der Waals surface area contributed by atoms with Crippen molar-refractivity contribution in [2.24, 2.45) is 0 Å². The summed E-state index contributed by atoms with van der Waals surface area (Å²) in [6, 6.07) is 33.5. The quantitative estimate of drug-likeness (QED) is 0.104. The maximum absolute atomic E-state index is 13.5. The second-order valence-corrected chi connectivity index (χ2v) is 16.6. The Kier molecular flexibility index (Phi) is 12.0. The first-order valence-corrected chi connectivity index (χ1v) is 21.6. The monoisotopic (exact) mass is 810 g/mol. The van der Waals surface area contributed by atoms with Crippen molar-refractivity contribution in [1.82, 2.24) is 19.8 Å². The topological polar surface area (TPSA) is 121 Å². The number of carboxylic acids is 1. The van der Waals surface area contributed by atoms with E-state index in [-0.39, 0.29) is 37.2 Å². The number of likely N-dealkylation sites (tertiary alicyclic amines) is 1. The van der Waals surface area contributed by atoms with Gasteiger partial charge in [-0.25, -0.2) is 4.79 Å². The van der Waals surface area contributed by atoms with Crippen LogP contribution in [0, 0.1) is 0 Å². The Morgan fingerprint density at radius 1 is 0.767 bits per heavy atom. The van der Waals surface area contributed by atoms with Gasteiger partial charge >= 0.3 is 18.1 Å². The highest BCUT2D eigenvalue weighted by Crippen LogP contribution is 2.39. The van der Waals surface area contributed by atoms with Crippen LogP contribution >= 0.6 is 0 Å². The Hall–Kier alpha value is -5.88. The molecule has 12 nitrogen and oxygen atoms in total. The summed E-state index contributed by atoms with van der Waals surface area (Å²) in [5.74, 6) is 0.987. The molecule has 4 aliphatic heterocycles. The number of amides is 1. The molecule has 5 aromatic rings. The first kappa shape index (κ1) is 39.6. The summed E-state index contributed by atoms with van der Waals surface area (Å²) in [6.07, 6.45) is 6.18. The van der Waals surface area contributed by atoms with Crippen molar-refractivity contribution in [3.8, 4) is 11.8 Å². The first-order valence-electron chi connectivity index (χ1n) is 21.6. The predicted molar refractivity (Wildman–Crippen MR) is 231 cm³/mol. The van der Waals surface area contributed by atoms with Crippen LogP contribution in [0.1, 0.15) is 67.3 Å². The van der Waals surface area contributed by atoms with Crippen molar-refractivity contribution in [3.63, 3.8) is 0 Å². The molecule has 0 saturated carbocycles. The molecule has 5 heterocycles. The molecule has 3 saturated heterocycles. The second kappa shape index (κ2) is 18.2. The average Bonchev–Trinajstić information content (AvgIpc) is 3.85. The smallest absolute Gasteiger partial charge is 0.410 e. The number of carbonyl (C=O) groups excluding carboxylic acids is 1. The summed E-state index contributed by atoms with van der Waals surface area (Å²) in [5, 5.41) is 11.4. The molecule has 9 rings (SSSR count). The Morgan fingerprint density at radius 3 is 2.27 bits per heavy atom. The third-order valence-corrected chi connectivity index (χ3v) is 12.6. The van der Waals surface area contributed by atoms with E-state index in [9.17, 15) is 9.59 Å². The SMILES string of the molecule is O=C(O)CCCCN1CCC[C@H]1COc1nc2c(c(N3CC4CCC(C3)N4C(=O)OCc3ccccc3)n1)CCN(c1cc(OCc3ccccc3)cc3ccccc13)C2. The van der Waals surface area contributed by atoms with Gasteiger partial charge in [-0.05, 0) is 80.6 Å². The van der Waals surface area contributed by atoms with Crippen LogP contribution in [0.2, 0.25) is 0 Å². The molecule has 3 fully saturated rings. The lowest BCUT2D eigenvalue weighted by atomic mass is 10.0. The summed E-state index contributed by atoms with van der Waals surface area (Å²) in [4.78, 5) is 44.1. The lowest BCUT2D eigenvalue weighted by Crippen LogP contribution is -2.56. The molecule has 60 heavy (non-hydrogen) atoms. The Labute approximate surface area is 351 Å². The summed E-state index contributed by atoms with van der Waals surface area (Å²) in [5.41, 5.74) is 5.29. The van der Waals surface area contributed by atoms with Crippen LogP contribution < -0.4 is 19.3 Å². The van der Waals surface area contributed by atoms with Crippen LogP contribution in [0.4, 0.5) is 16.3 Å². The van der Waals surface area contributed by atoms with Gasteiger partial charge in [-0.1, -0.05) is 84.9 Å². The van der Waals surface area contributed by atoms with Crippen molar-refractivity contribution in [3.05, 3.63) is 119 Å². The van der Waals surface area contributed by atoms with Gasteiger partial charge in [0, 0.05) is 54.8 Å². The molecule has 0 spiro atoms. The van der Waals surface area contributed by atoms with Gasteiger partial charge in [0.25, 0.3) is 0 Å². The van der Waals surface area contributed by atoms with Gasteiger partial charge in [0.05, 0.1) is 24.3 Å². The molecule has 2 unspecified atom stereocenters. The molecule has 3 atom stereocenters. The number of fused-ring (bicyclic) bond motifs is 4. The summed E-state index contributed by atoms with van der Waals surface area (Å²) in [6.45, 7) is 5.76. The molecule has 0 radical (unpaired) electrons. The van der Waals surface area contributed by atoms with Crippen LogP contribution in [0.5, 0.6) is 11.8 Å². The van der Waals surface area contributed by atoms with Crippen molar-refractivity contribution >= 4 is 34.3 Å². The third-order valence-electron chi connectivity index (χ3n) is 12.6. The van der Waals surface area contributed by atoms with Crippen molar-refractivity contribution in [2.45, 2.75) is 89.3 Å². The molecule has 1 N–H and O–H groups in total. The molecule has 312 valence electrons. The Morgan fingerprint density at radius 2 is 1.50 bits per heavy atom. The zero-order valence-corrected chi connectivity index (χ0v) is 34.2. The number of unbranched alkanes of at least 4 members (excludes halogenated alkanes) is 1. The molecule has 12 heteroatoms. The number of piperazine rings is 1. The number of aliphatic carboxylic acids is 1. The van der Waals surface area contributed by atoms with E-state index in [1.54, 1.807) is 0 Å². The van der Waals surface area contributed by atoms with Crippen molar-refractivity contribution in [1.29, 1.82) is 0 Å². The van der Waals surface area contributed by atoms with Crippen molar-refractivity contribution in [2.75, 3.05) is 49.1 Å². The minimum atomic E-state index is -0.745. The summed E-state index contributed by atoms with van der Waals surface area (Å²) >= 11 is 0. The van der Waals surface area contributed by atoms with Crippen LogP contribution in [-0.4, -0.2) is 94.4 Å². The van der Waals surface area contributed by atoms with E-state index in [4.69, 9.17) is 29.3 Å². The molecule has 0 aliphatic carbocycles. The lowest BCUT2D eigenvalue weighted by Gasteiger charge is -2.42. The predicted octanol–water partition coefficient (Wildman–Crippen LogP) is 7.86. The van der Waals surface area contributed by atoms with E-state index in [2.05, 4.69) is 63.2 Å². The molecular weight excluding hydrogens is 757 g/mol. The number of ether oxygens (including phenoxy) is 3. The zero-order chi connectivity index (χ0) is 40.8. The van der Waals surface area contributed by atoms with Gasteiger partial charge in [-0.15, -0.1) is 0 Å². The first-order chi connectivity index (χ1) is 29.4. The van der Waals surface area contributed by atoms with Gasteiger partial charge < -0.3 is 29.1 Å². The van der Waals surface area contributed by atoms with E-state index >= 15 is 0 Å². The maximum atomic E-state index is 13.5. The Bertz CT molecular complexity index is 2260. The lowest BCUT2D eigenvalue weighted by molar-refractivity contribution is -0.137. The van der Waals surface area contributed by atoms with E-state index < -0.39 is 5.97 Å². The minimum Gasteiger partial charge on any atom is -0.489 e. The number of carbonyl (C=O) groups is 2. The third kappa shape index (κ3) is 8.99. The number of hydrogen-bond donors (Lipinski definition) is 1. The summed E-state index contributed by atoms with van der Waals surface area (Å²) in [7, 11) is 0. The average molecular weight is 811 g/mol. The van der Waals surface area contributed by atoms with E-state index in [0.29, 0.717) is 45.3 Å². The number of aromatic nitrogens is 2. The van der Waals surface area contributed by atoms with Crippen LogP contribution in [0.25, 0.3) is 10.8 Å². The molecular formula is C48H54N6O6. The fraction of sp³-hybridized carbons (Fsp3) is 0.417. The van der Waals surface area contributed by atoms with Crippen molar-refractivity contribution < 1.29 is 28.9 Å². The highest BCUT2D eigenvalue weighted by molar-refractivity contribution is 5.96. The standard InChI is InChI=1S/C48H54N6O6/c55-45(56)19-9-10-23-51-24-11-17-39(51)33-59-47-49-43-30-52(44-27-40(26-36-16-7-8-18-41(36)44)58-31-34-12-3-1-4-13-34)25-22-42(43)46(50-47)53-28-37-20-21-38(29-53)54(37)48(57)60-32-35-14-5-2-6-15-35/h1-8,12-16,18,26-27,37-39H,9-11,17,19-25,28-33H2,(H,55,56)/t37?,38?,39-/m0/s1. The number of nitrogens with zero attached hydrogens (tertiary/aromatic N) is 6. The molecule has 1 aromatic heterocycles. The molecule has 1 amide bonds. The van der Waals surface area contributed by atoms with E-state index in [0.717, 1.165) is 109 Å². The molecule has 4 aromatic carbocycles. The summed E-state index contributed by atoms with van der Waals surface area (Å²) < 4.78 is 18.8. The zero-order valence-electron chi connectivity index (χ0n) is 34.2. The highest BCUT2D eigenvalue weighted by Gasteiger charge is 2.45. The normalized spacial score (nSPS) is 20.0. The van der Waals surface area contributed by atoms with Gasteiger partial charge in [-0.3, -0.25) is 14.6 Å². The number of carboxylic acid groups (broad SMARTS) is 1. The fourth-order valence-electron chi connectivity index (χ4n) is 9.58. The fourth-order valence-corrected chi connectivity index (χ4v) is 9.58. The molecule has 4 aliphatic rings. The van der Waals surface area contributed by atoms with Gasteiger partial charge in [0.15, 0.2) is 0 Å². The minimum absolute atomic E-state index is 0.0280.